The summed E-state index contributed by atoms with van der Waals surface area (Å²) < 4.78 is 5.49. The van der Waals surface area contributed by atoms with E-state index in [1.807, 2.05) is 25.1 Å². The Morgan fingerprint density at radius 2 is 1.85 bits per heavy atom. The number of amides is 2. The number of nitrogens with one attached hydrogen (secondary N) is 2. The topological polar surface area (TPSA) is 91.2 Å². The van der Waals surface area contributed by atoms with Crippen LogP contribution in [0.3, 0.4) is 0 Å². The summed E-state index contributed by atoms with van der Waals surface area (Å²) in [6.45, 7) is 2.38. The highest BCUT2D eigenvalue weighted by Gasteiger charge is 2.48. The van der Waals surface area contributed by atoms with Gasteiger partial charge in [-0.15, -0.1) is 0 Å². The number of nitrogens with zero attached hydrogens (tertiary/aromatic N) is 1. The van der Waals surface area contributed by atoms with Gasteiger partial charge in [-0.05, 0) is 43.7 Å². The molecule has 0 aromatic heterocycles. The van der Waals surface area contributed by atoms with Gasteiger partial charge in [-0.2, -0.15) is 5.26 Å². The van der Waals surface area contributed by atoms with E-state index in [9.17, 15) is 9.59 Å². The van der Waals surface area contributed by atoms with Gasteiger partial charge in [-0.1, -0.05) is 18.2 Å². The van der Waals surface area contributed by atoms with E-state index in [0.29, 0.717) is 35.7 Å². The van der Waals surface area contributed by atoms with E-state index in [-0.39, 0.29) is 23.7 Å². The van der Waals surface area contributed by atoms with Gasteiger partial charge >= 0.3 is 0 Å². The van der Waals surface area contributed by atoms with Crippen LogP contribution in [0.25, 0.3) is 0 Å². The summed E-state index contributed by atoms with van der Waals surface area (Å²) in [5.41, 5.74) is 1.63. The van der Waals surface area contributed by atoms with E-state index in [1.54, 1.807) is 36.4 Å². The Kier molecular flexibility index (Phi) is 5.18. The molecule has 132 valence electrons. The molecule has 2 aromatic carbocycles. The minimum absolute atomic E-state index is 0.192. The average Bonchev–Trinajstić information content (AvgIpc) is 3.45. The molecule has 0 spiro atoms. The lowest BCUT2D eigenvalue weighted by Gasteiger charge is -2.11. The number of ether oxygens (including phenoxy) is 1. The van der Waals surface area contributed by atoms with Gasteiger partial charge in [0, 0.05) is 5.69 Å². The van der Waals surface area contributed by atoms with Crippen LogP contribution in [0.1, 0.15) is 18.9 Å². The van der Waals surface area contributed by atoms with Crippen molar-refractivity contribution in [2.24, 2.45) is 11.8 Å². The van der Waals surface area contributed by atoms with Crippen LogP contribution in [-0.4, -0.2) is 18.4 Å². The Bertz CT molecular complexity index is 873. The lowest BCUT2D eigenvalue weighted by atomic mass is 10.2. The summed E-state index contributed by atoms with van der Waals surface area (Å²) >= 11 is 0. The van der Waals surface area contributed by atoms with Crippen molar-refractivity contribution >= 4 is 23.2 Å². The summed E-state index contributed by atoms with van der Waals surface area (Å²) in [7, 11) is 0. The van der Waals surface area contributed by atoms with Gasteiger partial charge in [-0.3, -0.25) is 9.59 Å². The number of hydrogen-bond donors (Lipinski definition) is 2. The summed E-state index contributed by atoms with van der Waals surface area (Å²) in [6.07, 6.45) is 0.506. The molecule has 3 rings (SSSR count). The molecule has 0 bridgehead atoms. The third-order valence-electron chi connectivity index (χ3n) is 4.17. The predicted molar refractivity (Wildman–Crippen MR) is 97.6 cm³/mol. The minimum atomic E-state index is -0.361. The van der Waals surface area contributed by atoms with E-state index >= 15 is 0 Å². The standard InChI is InChI=1S/C20H19N3O3/c1-2-26-18-9-4-3-8-17(18)23-20(25)16-11-15(16)19(24)22-14-7-5-6-13(10-14)12-21/h3-10,15-16H,2,11H2,1H3,(H,22,24)(H,23,25). The number of anilines is 2. The Morgan fingerprint density at radius 1 is 1.12 bits per heavy atom. The zero-order valence-corrected chi connectivity index (χ0v) is 14.4. The van der Waals surface area contributed by atoms with Crippen molar-refractivity contribution in [3.63, 3.8) is 0 Å². The van der Waals surface area contributed by atoms with Crippen molar-refractivity contribution in [3.8, 4) is 11.8 Å². The van der Waals surface area contributed by atoms with E-state index in [4.69, 9.17) is 10.00 Å². The molecule has 1 saturated carbocycles. The molecule has 6 heteroatoms. The molecule has 2 atom stereocenters. The molecule has 2 amide bonds. The highest BCUT2D eigenvalue weighted by Crippen LogP contribution is 2.40. The van der Waals surface area contributed by atoms with Crippen molar-refractivity contribution in [3.05, 3.63) is 54.1 Å². The Labute approximate surface area is 151 Å². The molecule has 26 heavy (non-hydrogen) atoms. The number of nitriles is 1. The average molecular weight is 349 g/mol. The number of hydrogen-bond acceptors (Lipinski definition) is 4. The van der Waals surface area contributed by atoms with E-state index in [2.05, 4.69) is 10.6 Å². The fourth-order valence-corrected chi connectivity index (χ4v) is 2.75. The Balaban J connectivity index is 1.58. The second-order valence-electron chi connectivity index (χ2n) is 6.05. The molecule has 1 aliphatic carbocycles. The lowest BCUT2D eigenvalue weighted by molar-refractivity contribution is -0.122. The zero-order chi connectivity index (χ0) is 18.5. The SMILES string of the molecule is CCOc1ccccc1NC(=O)C1CC1C(=O)Nc1cccc(C#N)c1. The van der Waals surface area contributed by atoms with Gasteiger partial charge in [0.1, 0.15) is 5.75 Å². The highest BCUT2D eigenvalue weighted by atomic mass is 16.5. The van der Waals surface area contributed by atoms with Crippen LogP contribution in [0.2, 0.25) is 0 Å². The third-order valence-corrected chi connectivity index (χ3v) is 4.17. The van der Waals surface area contributed by atoms with E-state index < -0.39 is 0 Å². The normalized spacial score (nSPS) is 17.7. The summed E-state index contributed by atoms with van der Waals surface area (Å²) in [4.78, 5) is 24.7. The minimum Gasteiger partial charge on any atom is -0.492 e. The van der Waals surface area contributed by atoms with Crippen LogP contribution in [0, 0.1) is 23.2 Å². The number of rotatable bonds is 6. The second-order valence-corrected chi connectivity index (χ2v) is 6.05. The number of para-hydroxylation sites is 2. The number of carbonyl (C=O) groups excluding carboxylic acids is 2. The fourth-order valence-electron chi connectivity index (χ4n) is 2.75. The first kappa shape index (κ1) is 17.5. The van der Waals surface area contributed by atoms with Crippen LogP contribution in [0.5, 0.6) is 5.75 Å². The van der Waals surface area contributed by atoms with Crippen LogP contribution in [-0.2, 0) is 9.59 Å². The number of benzene rings is 2. The molecule has 2 N–H and O–H groups in total. The molecular formula is C20H19N3O3. The van der Waals surface area contributed by atoms with Gasteiger partial charge in [0.2, 0.25) is 11.8 Å². The van der Waals surface area contributed by atoms with Crippen molar-refractivity contribution in [2.75, 3.05) is 17.2 Å². The third kappa shape index (κ3) is 4.01. The number of carbonyl (C=O) groups is 2. The quantitative estimate of drug-likeness (QED) is 0.838. The first-order chi connectivity index (χ1) is 12.6. The van der Waals surface area contributed by atoms with Gasteiger partial charge in [0.15, 0.2) is 0 Å². The molecule has 2 aromatic rings. The van der Waals surface area contributed by atoms with Gasteiger partial charge < -0.3 is 15.4 Å². The van der Waals surface area contributed by atoms with E-state index in [0.717, 1.165) is 0 Å². The van der Waals surface area contributed by atoms with Crippen molar-refractivity contribution in [1.29, 1.82) is 5.26 Å². The second kappa shape index (κ2) is 7.70. The van der Waals surface area contributed by atoms with Crippen molar-refractivity contribution < 1.29 is 14.3 Å². The molecule has 1 aliphatic rings. The summed E-state index contributed by atoms with van der Waals surface area (Å²) in [5, 5.41) is 14.5. The predicted octanol–water partition coefficient (Wildman–Crippen LogP) is 3.17. The Morgan fingerprint density at radius 3 is 2.58 bits per heavy atom. The Hall–Kier alpha value is -3.33. The summed E-state index contributed by atoms with van der Waals surface area (Å²) in [5.74, 6) is -0.511. The van der Waals surface area contributed by atoms with Gasteiger partial charge in [0.05, 0.1) is 35.8 Å². The molecule has 6 nitrogen and oxygen atoms in total. The van der Waals surface area contributed by atoms with Crippen molar-refractivity contribution in [2.45, 2.75) is 13.3 Å². The summed E-state index contributed by atoms with van der Waals surface area (Å²) in [6, 6.07) is 15.9. The van der Waals surface area contributed by atoms with Crippen LogP contribution in [0.15, 0.2) is 48.5 Å². The first-order valence-electron chi connectivity index (χ1n) is 8.46. The van der Waals surface area contributed by atoms with E-state index in [1.165, 1.54) is 0 Å². The maximum absolute atomic E-state index is 12.4. The van der Waals surface area contributed by atoms with Gasteiger partial charge in [0.25, 0.3) is 0 Å². The molecule has 2 unspecified atom stereocenters. The molecule has 1 fully saturated rings. The molecule has 0 radical (unpaired) electrons. The maximum atomic E-state index is 12.4. The monoisotopic (exact) mass is 349 g/mol. The fraction of sp³-hybridized carbons (Fsp3) is 0.250. The van der Waals surface area contributed by atoms with Crippen LogP contribution >= 0.6 is 0 Å². The van der Waals surface area contributed by atoms with Crippen LogP contribution in [0.4, 0.5) is 11.4 Å². The molecule has 0 saturated heterocycles. The smallest absolute Gasteiger partial charge is 0.228 e. The van der Waals surface area contributed by atoms with Gasteiger partial charge in [-0.25, -0.2) is 0 Å². The zero-order valence-electron chi connectivity index (χ0n) is 14.4. The molecular weight excluding hydrogens is 330 g/mol. The largest absolute Gasteiger partial charge is 0.492 e. The van der Waals surface area contributed by atoms with Crippen molar-refractivity contribution in [1.82, 2.24) is 0 Å². The first-order valence-corrected chi connectivity index (χ1v) is 8.46. The molecule has 0 aliphatic heterocycles. The molecule has 0 heterocycles. The highest BCUT2D eigenvalue weighted by molar-refractivity contribution is 6.03. The maximum Gasteiger partial charge on any atom is 0.228 e. The lowest BCUT2D eigenvalue weighted by Crippen LogP contribution is -2.20. The van der Waals surface area contributed by atoms with Crippen LogP contribution < -0.4 is 15.4 Å².